The van der Waals surface area contributed by atoms with Crippen molar-refractivity contribution in [1.82, 2.24) is 40.1 Å². The van der Waals surface area contributed by atoms with E-state index in [9.17, 15) is 14.4 Å². The minimum Gasteiger partial charge on any atom is -0.494 e. The fourth-order valence-electron chi connectivity index (χ4n) is 8.65. The highest BCUT2D eigenvalue weighted by Crippen LogP contribution is 2.27. The first-order chi connectivity index (χ1) is 39.1. The lowest BCUT2D eigenvalue weighted by Crippen LogP contribution is -2.32. The predicted molar refractivity (Wildman–Crippen MR) is 319 cm³/mol. The maximum Gasteiger partial charge on any atom is 0.364 e. The van der Waals surface area contributed by atoms with Gasteiger partial charge in [-0.1, -0.05) is 122 Å². The van der Waals surface area contributed by atoms with Crippen LogP contribution in [0, 0.1) is 6.92 Å². The van der Waals surface area contributed by atoms with Crippen molar-refractivity contribution >= 4 is 23.2 Å². The van der Waals surface area contributed by atoms with E-state index in [2.05, 4.69) is 117 Å². The van der Waals surface area contributed by atoms with E-state index in [0.29, 0.717) is 55.6 Å². The van der Waals surface area contributed by atoms with Crippen molar-refractivity contribution in [2.45, 2.75) is 105 Å². The summed E-state index contributed by atoms with van der Waals surface area (Å²) in [4.78, 5) is 47.2. The zero-order valence-corrected chi connectivity index (χ0v) is 48.0. The van der Waals surface area contributed by atoms with Crippen molar-refractivity contribution in [1.29, 1.82) is 0 Å². The molecule has 0 saturated carbocycles. The third-order valence-corrected chi connectivity index (χ3v) is 13.3. The number of carbonyl (C=O) groups excluding carboxylic acids is 2. The Morgan fingerprint density at radius 2 is 1.47 bits per heavy atom. The maximum atomic E-state index is 12.7. The maximum absolute atomic E-state index is 12.7. The molecule has 4 aromatic heterocycles. The van der Waals surface area contributed by atoms with Crippen molar-refractivity contribution in [3.63, 3.8) is 0 Å². The van der Waals surface area contributed by atoms with E-state index in [1.54, 1.807) is 36.3 Å². The number of nitrogens with one attached hydrogen (secondary N) is 3. The summed E-state index contributed by atoms with van der Waals surface area (Å²) >= 11 is 0. The molecule has 0 bridgehead atoms. The number of rotatable bonds is 21. The van der Waals surface area contributed by atoms with Crippen molar-refractivity contribution in [3.8, 4) is 39.8 Å². The second-order valence-corrected chi connectivity index (χ2v) is 20.4. The standard InChI is InChI=1S/C22H29N5O.C22H24N2O3.C20H22N4O2/c1-6-26(7-2)19-14-12-18(13-15-19)17(4)23-27-21(24-25(5)22(27)28)20-11-9-8-10-16(20)3;1-2-26-20-13-11-18(12-14-20)21-15-19(24-27-21)9-6-10-22(25)23-16-17-7-4-3-5-8-17;1-20(2,3)15-8-6-14(7-9-15)19-23-18(26-24-19)11-10-17(25)22-16-5-4-12-21-13-16/h8-15,17,23H,6-7H2,1-5H3;3-5,7-8,11-15H,2,6,9-10,16H2,1H3,(H,23,25);4-9,12-13H,10-11H2,1-3H3,(H,22,25). The van der Waals surface area contributed by atoms with E-state index in [0.717, 1.165) is 70.1 Å². The monoisotopic (exact) mass is 1090 g/mol. The van der Waals surface area contributed by atoms with Crippen LogP contribution < -0.4 is 31.4 Å². The molecular weight excluding hydrogens is 1020 g/mol. The number of nitrogens with zero attached hydrogens (tertiary/aromatic N) is 8. The topological polar surface area (TPSA) is 200 Å². The third kappa shape index (κ3) is 17.4. The van der Waals surface area contributed by atoms with E-state index in [4.69, 9.17) is 13.8 Å². The van der Waals surface area contributed by atoms with Gasteiger partial charge in [0.25, 0.3) is 0 Å². The van der Waals surface area contributed by atoms with Gasteiger partial charge in [0, 0.05) is 80.6 Å². The molecule has 0 spiro atoms. The zero-order chi connectivity index (χ0) is 57.7. The van der Waals surface area contributed by atoms with Gasteiger partial charge < -0.3 is 34.7 Å². The molecule has 17 nitrogen and oxygen atoms in total. The molecule has 9 aromatic rings. The van der Waals surface area contributed by atoms with Crippen LogP contribution in [0.2, 0.25) is 0 Å². The molecule has 422 valence electrons. The molecule has 0 radical (unpaired) electrons. The average Bonchev–Trinajstić information content (AvgIpc) is 4.30. The SMILES string of the molecule is CC(C)(C)c1ccc(-c2noc(CCC(=O)Nc3cccnc3)n2)cc1.CCN(CC)c1ccc(C(C)Nn2c(-c3ccccc3C)nn(C)c2=O)cc1.CCOc1ccc(-c2cc(CCCC(=O)NCc3ccccc3)no2)cc1. The van der Waals surface area contributed by atoms with Crippen LogP contribution in [0.1, 0.15) is 108 Å². The summed E-state index contributed by atoms with van der Waals surface area (Å²) in [5.41, 5.74) is 13.3. The van der Waals surface area contributed by atoms with Crippen molar-refractivity contribution in [2.24, 2.45) is 7.05 Å². The number of pyridine rings is 1. The molecular formula is C64H75N11O6. The Bertz CT molecular complexity index is 3420. The molecule has 5 aromatic carbocycles. The highest BCUT2D eigenvalue weighted by atomic mass is 16.5. The third-order valence-electron chi connectivity index (χ3n) is 13.3. The van der Waals surface area contributed by atoms with Crippen LogP contribution in [-0.2, 0) is 41.4 Å². The number of ether oxygens (including phenoxy) is 1. The number of aromatic nitrogens is 7. The number of hydrogen-bond donors (Lipinski definition) is 3. The van der Waals surface area contributed by atoms with Gasteiger partial charge in [0.15, 0.2) is 11.6 Å². The molecule has 3 N–H and O–H groups in total. The summed E-state index contributed by atoms with van der Waals surface area (Å²) in [5, 5.41) is 18.3. The molecule has 1 atom stereocenters. The summed E-state index contributed by atoms with van der Waals surface area (Å²) in [5.74, 6) is 3.09. The zero-order valence-electron chi connectivity index (χ0n) is 48.0. The number of benzene rings is 5. The van der Waals surface area contributed by atoms with Gasteiger partial charge in [-0.15, -0.1) is 5.10 Å². The highest BCUT2D eigenvalue weighted by molar-refractivity contribution is 5.90. The second kappa shape index (κ2) is 29.2. The summed E-state index contributed by atoms with van der Waals surface area (Å²) < 4.78 is 19.0. The van der Waals surface area contributed by atoms with Crippen LogP contribution in [0.15, 0.2) is 172 Å². The second-order valence-electron chi connectivity index (χ2n) is 20.4. The quantitative estimate of drug-likeness (QED) is 0.0614. The Balaban J connectivity index is 0.000000175. The number of aryl methyl sites for hydroxylation is 4. The first-order valence-corrected chi connectivity index (χ1v) is 27.6. The number of anilines is 2. The van der Waals surface area contributed by atoms with Crippen LogP contribution in [-0.4, -0.2) is 66.2 Å². The predicted octanol–water partition coefficient (Wildman–Crippen LogP) is 12.1. The normalized spacial score (nSPS) is 11.3. The number of amides is 2. The van der Waals surface area contributed by atoms with Crippen LogP contribution in [0.5, 0.6) is 5.75 Å². The van der Waals surface area contributed by atoms with Gasteiger partial charge >= 0.3 is 5.69 Å². The molecule has 2 amide bonds. The molecule has 0 aliphatic carbocycles. The van der Waals surface area contributed by atoms with E-state index < -0.39 is 0 Å². The van der Waals surface area contributed by atoms with Crippen LogP contribution >= 0.6 is 0 Å². The Morgan fingerprint density at radius 1 is 0.765 bits per heavy atom. The lowest BCUT2D eigenvalue weighted by molar-refractivity contribution is -0.121. The minimum absolute atomic E-state index is 0.0459. The van der Waals surface area contributed by atoms with Crippen molar-refractivity contribution < 1.29 is 23.4 Å². The molecule has 0 saturated heterocycles. The Labute approximate surface area is 474 Å². The molecule has 0 fully saturated rings. The van der Waals surface area contributed by atoms with Crippen molar-refractivity contribution in [3.05, 3.63) is 202 Å². The molecule has 0 aliphatic heterocycles. The van der Waals surface area contributed by atoms with Crippen LogP contribution in [0.25, 0.3) is 34.1 Å². The summed E-state index contributed by atoms with van der Waals surface area (Å²) in [6.45, 7) is 20.0. The number of hydrogen-bond acceptors (Lipinski definition) is 13. The smallest absolute Gasteiger partial charge is 0.364 e. The Kier molecular flexibility index (Phi) is 21.5. The van der Waals surface area contributed by atoms with Gasteiger partial charge in [-0.25, -0.2) is 9.48 Å². The average molecular weight is 1090 g/mol. The fourth-order valence-corrected chi connectivity index (χ4v) is 8.65. The fraction of sp³-hybridized carbons (Fsp3) is 0.312. The van der Waals surface area contributed by atoms with Gasteiger partial charge in [0.1, 0.15) is 5.75 Å². The van der Waals surface area contributed by atoms with E-state index in [1.807, 2.05) is 118 Å². The van der Waals surface area contributed by atoms with Crippen LogP contribution in [0.4, 0.5) is 11.4 Å². The summed E-state index contributed by atoms with van der Waals surface area (Å²) in [6, 6.07) is 47.6. The Morgan fingerprint density at radius 3 is 2.14 bits per heavy atom. The highest BCUT2D eigenvalue weighted by Gasteiger charge is 2.19. The largest absolute Gasteiger partial charge is 0.494 e. The Hall–Kier alpha value is -9.12. The molecule has 1 unspecified atom stereocenters. The van der Waals surface area contributed by atoms with Gasteiger partial charge in [-0.05, 0) is 124 Å². The van der Waals surface area contributed by atoms with Gasteiger partial charge in [0.2, 0.25) is 23.5 Å². The first-order valence-electron chi connectivity index (χ1n) is 27.6. The molecule has 4 heterocycles. The van der Waals surface area contributed by atoms with E-state index in [1.165, 1.54) is 15.9 Å². The molecule has 0 aliphatic rings. The molecule has 17 heteroatoms. The minimum atomic E-state index is -0.190. The van der Waals surface area contributed by atoms with E-state index >= 15 is 0 Å². The molecule has 9 rings (SSSR count). The number of carbonyl (C=O) groups is 2. The lowest BCUT2D eigenvalue weighted by Gasteiger charge is -2.22. The van der Waals surface area contributed by atoms with Crippen molar-refractivity contribution in [2.75, 3.05) is 35.3 Å². The van der Waals surface area contributed by atoms with Crippen LogP contribution in [0.3, 0.4) is 0 Å². The van der Waals surface area contributed by atoms with Gasteiger partial charge in [-0.3, -0.25) is 14.6 Å². The first kappa shape index (κ1) is 59.5. The lowest BCUT2D eigenvalue weighted by atomic mass is 9.87. The summed E-state index contributed by atoms with van der Waals surface area (Å²) in [7, 11) is 1.67. The van der Waals surface area contributed by atoms with Gasteiger partial charge in [0.05, 0.1) is 30.2 Å². The molecule has 81 heavy (non-hydrogen) atoms. The summed E-state index contributed by atoms with van der Waals surface area (Å²) in [6.07, 6.45) is 5.82. The van der Waals surface area contributed by atoms with Gasteiger partial charge in [-0.2, -0.15) is 9.66 Å². The van der Waals surface area contributed by atoms with E-state index in [-0.39, 0.29) is 35.4 Å².